The van der Waals surface area contributed by atoms with Crippen molar-refractivity contribution in [2.45, 2.75) is 32.6 Å². The summed E-state index contributed by atoms with van der Waals surface area (Å²) in [6, 6.07) is 20.3. The maximum Gasteiger partial charge on any atom is 0.338 e. The maximum atomic E-state index is 13.5. The second-order valence-electron chi connectivity index (χ2n) is 11.1. The van der Waals surface area contributed by atoms with Gasteiger partial charge in [-0.25, -0.2) is 4.79 Å². The smallest absolute Gasteiger partial charge is 0.338 e. The van der Waals surface area contributed by atoms with E-state index in [9.17, 15) is 19.2 Å². The molecule has 3 aliphatic rings. The lowest BCUT2D eigenvalue weighted by atomic mass is 9.73. The van der Waals surface area contributed by atoms with Gasteiger partial charge in [-0.3, -0.25) is 19.3 Å². The van der Waals surface area contributed by atoms with Crippen LogP contribution in [0.2, 0.25) is 0 Å². The Labute approximate surface area is 241 Å². The zero-order valence-electron chi connectivity index (χ0n) is 22.2. The molecule has 2 bridgehead atoms. The van der Waals surface area contributed by atoms with Crippen LogP contribution in [0.15, 0.2) is 71.2 Å². The quantitative estimate of drug-likeness (QED) is 0.285. The predicted octanol–water partition coefficient (Wildman–Crippen LogP) is 5.79. The van der Waals surface area contributed by atoms with Crippen molar-refractivity contribution in [2.24, 2.45) is 23.7 Å². The number of carbonyl (C=O) groups excluding carboxylic acids is 4. The Bertz CT molecular complexity index is 1520. The van der Waals surface area contributed by atoms with Gasteiger partial charge in [-0.2, -0.15) is 0 Å². The number of aryl methyl sites for hydroxylation is 2. The highest BCUT2D eigenvalue weighted by Gasteiger charge is 2.64. The summed E-state index contributed by atoms with van der Waals surface area (Å²) in [6.45, 7) is 3.36. The molecule has 0 spiro atoms. The van der Waals surface area contributed by atoms with Gasteiger partial charge in [-0.05, 0) is 97.5 Å². The Morgan fingerprint density at radius 3 is 2.35 bits per heavy atom. The van der Waals surface area contributed by atoms with Crippen LogP contribution in [0.25, 0.3) is 0 Å². The van der Waals surface area contributed by atoms with Gasteiger partial charge in [-0.1, -0.05) is 46.3 Å². The highest BCUT2D eigenvalue weighted by Crippen LogP contribution is 2.61. The molecule has 0 aromatic heterocycles. The third kappa shape index (κ3) is 4.54. The molecule has 6 rings (SSSR count). The Kier molecular flexibility index (Phi) is 6.82. The van der Waals surface area contributed by atoms with E-state index in [4.69, 9.17) is 4.74 Å². The highest BCUT2D eigenvalue weighted by atomic mass is 79.9. The third-order valence-corrected chi connectivity index (χ3v) is 9.57. The van der Waals surface area contributed by atoms with E-state index in [0.717, 1.165) is 28.4 Å². The molecule has 7 nitrogen and oxygen atoms in total. The summed E-state index contributed by atoms with van der Waals surface area (Å²) in [5, 5.41) is 2.77. The minimum atomic E-state index is -0.662. The maximum absolute atomic E-state index is 13.5. The summed E-state index contributed by atoms with van der Waals surface area (Å²) in [7, 11) is 0. The van der Waals surface area contributed by atoms with Gasteiger partial charge in [0, 0.05) is 10.2 Å². The third-order valence-electron chi connectivity index (χ3n) is 8.72. The van der Waals surface area contributed by atoms with E-state index in [2.05, 4.69) is 33.4 Å². The molecule has 40 heavy (non-hydrogen) atoms. The largest absolute Gasteiger partial charge is 0.452 e. The first kappa shape index (κ1) is 26.4. The van der Waals surface area contributed by atoms with Crippen molar-refractivity contribution in [3.63, 3.8) is 0 Å². The van der Waals surface area contributed by atoms with E-state index >= 15 is 0 Å². The summed E-state index contributed by atoms with van der Waals surface area (Å²) in [4.78, 5) is 53.2. The van der Waals surface area contributed by atoms with Crippen molar-refractivity contribution in [2.75, 3.05) is 16.8 Å². The van der Waals surface area contributed by atoms with E-state index in [1.807, 2.05) is 44.2 Å². The predicted molar refractivity (Wildman–Crippen MR) is 154 cm³/mol. The Morgan fingerprint density at radius 2 is 1.62 bits per heavy atom. The number of rotatable bonds is 6. The number of carbonyl (C=O) groups is 4. The summed E-state index contributed by atoms with van der Waals surface area (Å²) >= 11 is 3.46. The Hall–Kier alpha value is -3.78. The van der Waals surface area contributed by atoms with Crippen LogP contribution in [0.4, 0.5) is 11.4 Å². The molecule has 2 aliphatic carbocycles. The molecule has 3 aromatic carbocycles. The summed E-state index contributed by atoms with van der Waals surface area (Å²) in [5.74, 6) is -1.26. The van der Waals surface area contributed by atoms with Crippen LogP contribution in [0.3, 0.4) is 0 Å². The normalized spacial score (nSPS) is 24.8. The van der Waals surface area contributed by atoms with Gasteiger partial charge >= 0.3 is 5.97 Å². The van der Waals surface area contributed by atoms with Crippen molar-refractivity contribution in [3.8, 4) is 0 Å². The van der Waals surface area contributed by atoms with Gasteiger partial charge in [0.25, 0.3) is 5.91 Å². The lowest BCUT2D eigenvalue weighted by Crippen LogP contribution is -2.33. The number of hydrogen-bond acceptors (Lipinski definition) is 5. The number of esters is 1. The molecule has 1 aliphatic heterocycles. The van der Waals surface area contributed by atoms with E-state index in [-0.39, 0.29) is 41.0 Å². The molecule has 8 heteroatoms. The van der Waals surface area contributed by atoms with Crippen molar-refractivity contribution < 1.29 is 23.9 Å². The lowest BCUT2D eigenvalue weighted by Gasteiger charge is -2.28. The first-order valence-electron chi connectivity index (χ1n) is 13.5. The van der Waals surface area contributed by atoms with Crippen LogP contribution in [0, 0.1) is 37.5 Å². The minimum absolute atomic E-state index is 0.139. The topological polar surface area (TPSA) is 92.8 Å². The molecule has 3 amide bonds. The number of benzene rings is 3. The van der Waals surface area contributed by atoms with Gasteiger partial charge in [0.1, 0.15) is 0 Å². The minimum Gasteiger partial charge on any atom is -0.452 e. The Balaban J connectivity index is 1.09. The van der Waals surface area contributed by atoms with Crippen LogP contribution in [0.5, 0.6) is 0 Å². The van der Waals surface area contributed by atoms with Gasteiger partial charge in [-0.15, -0.1) is 0 Å². The number of imide groups is 1. The number of anilines is 2. The molecular formula is C32H29BrN2O5. The van der Waals surface area contributed by atoms with Crippen LogP contribution >= 0.6 is 15.9 Å². The molecule has 3 fully saturated rings. The van der Waals surface area contributed by atoms with Crippen LogP contribution < -0.4 is 10.2 Å². The second kappa shape index (κ2) is 10.3. The number of hydrogen-bond donors (Lipinski definition) is 1. The van der Waals surface area contributed by atoms with Crippen LogP contribution in [-0.4, -0.2) is 30.3 Å². The first-order valence-corrected chi connectivity index (χ1v) is 14.3. The molecule has 1 heterocycles. The fourth-order valence-corrected chi connectivity index (χ4v) is 7.32. The van der Waals surface area contributed by atoms with E-state index in [1.54, 1.807) is 12.1 Å². The lowest BCUT2D eigenvalue weighted by molar-refractivity contribution is -0.123. The average Bonchev–Trinajstić information content (AvgIpc) is 3.62. The first-order chi connectivity index (χ1) is 19.2. The summed E-state index contributed by atoms with van der Waals surface area (Å²) in [5.41, 5.74) is 4.43. The second-order valence-corrected chi connectivity index (χ2v) is 11.9. The number of halogens is 1. The Morgan fingerprint density at radius 1 is 0.925 bits per heavy atom. The molecule has 0 unspecified atom stereocenters. The van der Waals surface area contributed by atoms with Crippen molar-refractivity contribution in [3.05, 3.63) is 93.5 Å². The SMILES string of the molecule is Cc1cc(NC(=O)COC(=O)c2ccc(N3C(=O)[C@@H]4[C@@H]5C[C@@H]([C@H]4C3=O)[C@H](c3ccccc3)C5)cc2)c(C)cc1Br. The van der Waals surface area contributed by atoms with Crippen molar-refractivity contribution in [1.82, 2.24) is 0 Å². The monoisotopic (exact) mass is 600 g/mol. The fourth-order valence-electron chi connectivity index (χ4n) is 6.86. The van der Waals surface area contributed by atoms with E-state index in [0.29, 0.717) is 17.3 Å². The van der Waals surface area contributed by atoms with E-state index in [1.165, 1.54) is 22.6 Å². The average molecular weight is 601 g/mol. The van der Waals surface area contributed by atoms with Crippen molar-refractivity contribution in [1.29, 1.82) is 0 Å². The molecule has 1 N–H and O–H groups in total. The summed E-state index contributed by atoms with van der Waals surface area (Å²) in [6.07, 6.45) is 1.85. The van der Waals surface area contributed by atoms with Gasteiger partial charge in [0.2, 0.25) is 11.8 Å². The zero-order chi connectivity index (χ0) is 28.1. The fraction of sp³-hybridized carbons (Fsp3) is 0.312. The molecule has 1 saturated heterocycles. The molecule has 3 aromatic rings. The van der Waals surface area contributed by atoms with Crippen LogP contribution in [0.1, 0.15) is 45.8 Å². The zero-order valence-corrected chi connectivity index (χ0v) is 23.8. The van der Waals surface area contributed by atoms with Gasteiger partial charge < -0.3 is 10.1 Å². The van der Waals surface area contributed by atoms with Gasteiger partial charge in [0.05, 0.1) is 23.1 Å². The molecule has 204 valence electrons. The number of fused-ring (bicyclic) bond motifs is 5. The number of amides is 3. The standard InChI is InChI=1S/C32H29BrN2O5/c1-17-13-26(18(2)12-25(17)33)34-27(36)16-40-32(39)20-8-10-22(11-9-20)35-30(37)28-21-14-23(19-6-4-3-5-7-19)24(15-21)29(28)31(35)38/h3-13,21,23-24,28-29H,14-16H2,1-2H3,(H,34,36)/t21-,23-,24+,28+,29+/m0/s1. The number of nitrogens with zero attached hydrogens (tertiary/aromatic N) is 1. The highest BCUT2D eigenvalue weighted by molar-refractivity contribution is 9.10. The molecular weight excluding hydrogens is 572 g/mol. The molecule has 5 atom stereocenters. The van der Waals surface area contributed by atoms with E-state index < -0.39 is 18.5 Å². The molecule has 0 radical (unpaired) electrons. The van der Waals surface area contributed by atoms with Crippen LogP contribution in [-0.2, 0) is 19.1 Å². The molecule has 2 saturated carbocycles. The van der Waals surface area contributed by atoms with Gasteiger partial charge in [0.15, 0.2) is 6.61 Å². The number of nitrogens with one attached hydrogen (secondary N) is 1. The summed E-state index contributed by atoms with van der Waals surface area (Å²) < 4.78 is 6.15. The van der Waals surface area contributed by atoms with Crippen molar-refractivity contribution >= 4 is 51.0 Å². The number of ether oxygens (including phenoxy) is 1.